The lowest BCUT2D eigenvalue weighted by molar-refractivity contribution is 0.939. The van der Waals surface area contributed by atoms with Crippen LogP contribution in [0, 0.1) is 11.6 Å². The molecule has 0 aliphatic rings. The van der Waals surface area contributed by atoms with E-state index >= 15 is 0 Å². The topological polar surface area (TPSA) is 41.6 Å². The van der Waals surface area contributed by atoms with Crippen molar-refractivity contribution >= 4 is 39.5 Å². The van der Waals surface area contributed by atoms with Gasteiger partial charge in [0.25, 0.3) is 0 Å². The number of rotatable bonds is 2. The van der Waals surface area contributed by atoms with Crippen LogP contribution < -0.4 is 0 Å². The second-order valence-corrected chi connectivity index (χ2v) is 5.27. The van der Waals surface area contributed by atoms with Gasteiger partial charge in [0.15, 0.2) is 0 Å². The minimum absolute atomic E-state index is 0.674. The fraction of sp³-hybridized carbons (Fsp3) is 0.222. The van der Waals surface area contributed by atoms with Crippen molar-refractivity contribution in [1.82, 2.24) is 15.0 Å². The predicted molar refractivity (Wildman–Crippen MR) is 66.8 cm³/mol. The first-order valence-corrected chi connectivity index (χ1v) is 6.38. The van der Waals surface area contributed by atoms with E-state index < -0.39 is 0 Å². The van der Waals surface area contributed by atoms with Crippen LogP contribution >= 0.6 is 39.5 Å². The highest BCUT2D eigenvalue weighted by atomic mass is 79.9. The third kappa shape index (κ3) is 2.70. The first-order chi connectivity index (χ1) is 7.15. The molecule has 2 aromatic rings. The average Bonchev–Trinajstić information content (AvgIpc) is 2.58. The first-order valence-electron chi connectivity index (χ1n) is 4.30. The molecule has 15 heavy (non-hydrogen) atoms. The number of aryl methyl sites for hydroxylation is 1. The number of aromatic nitrogens is 3. The third-order valence-electron chi connectivity index (χ3n) is 1.79. The standard InChI is InChI=1S/C9H8BrN3S2/c1-5-4-15-8(12-5)2-7-11-3-6(10)9(14)13-7/h3-4H,2H2,1H3,(H,11,13,14). The number of hydrogen-bond acceptors (Lipinski definition) is 4. The summed E-state index contributed by atoms with van der Waals surface area (Å²) in [7, 11) is 0. The van der Waals surface area contributed by atoms with Crippen molar-refractivity contribution in [1.29, 1.82) is 0 Å². The Bertz CT molecular complexity index is 532. The van der Waals surface area contributed by atoms with Crippen LogP contribution in [0.25, 0.3) is 0 Å². The Hall–Kier alpha value is -0.590. The molecule has 1 N–H and O–H groups in total. The monoisotopic (exact) mass is 301 g/mol. The fourth-order valence-electron chi connectivity index (χ4n) is 1.13. The Balaban J connectivity index is 2.25. The summed E-state index contributed by atoms with van der Waals surface area (Å²) in [6, 6.07) is 0. The zero-order chi connectivity index (χ0) is 10.8. The summed E-state index contributed by atoms with van der Waals surface area (Å²) in [5.41, 5.74) is 1.05. The maximum absolute atomic E-state index is 5.10. The highest BCUT2D eigenvalue weighted by molar-refractivity contribution is 9.10. The lowest BCUT2D eigenvalue weighted by atomic mass is 10.4. The molecule has 0 aromatic carbocycles. The Labute approximate surface area is 105 Å². The van der Waals surface area contributed by atoms with E-state index in [9.17, 15) is 0 Å². The zero-order valence-corrected chi connectivity index (χ0v) is 11.2. The molecular formula is C9H8BrN3S2. The minimum Gasteiger partial charge on any atom is -0.333 e. The van der Waals surface area contributed by atoms with E-state index in [1.54, 1.807) is 17.5 Å². The van der Waals surface area contributed by atoms with E-state index in [1.807, 2.05) is 12.3 Å². The number of hydrogen-bond donors (Lipinski definition) is 1. The summed E-state index contributed by atoms with van der Waals surface area (Å²) in [5.74, 6) is 0.845. The van der Waals surface area contributed by atoms with Gasteiger partial charge in [-0.25, -0.2) is 9.97 Å². The van der Waals surface area contributed by atoms with Crippen LogP contribution in [0.15, 0.2) is 16.0 Å². The van der Waals surface area contributed by atoms with Crippen LogP contribution in [-0.2, 0) is 6.42 Å². The summed E-state index contributed by atoms with van der Waals surface area (Å²) in [4.78, 5) is 11.7. The summed E-state index contributed by atoms with van der Waals surface area (Å²) in [6.45, 7) is 1.98. The van der Waals surface area contributed by atoms with Gasteiger partial charge in [0.1, 0.15) is 15.5 Å². The lowest BCUT2D eigenvalue weighted by Crippen LogP contribution is -1.96. The molecule has 0 aliphatic carbocycles. The second kappa shape index (κ2) is 4.51. The zero-order valence-electron chi connectivity index (χ0n) is 7.95. The Morgan fingerprint density at radius 1 is 1.60 bits per heavy atom. The molecular weight excluding hydrogens is 294 g/mol. The van der Waals surface area contributed by atoms with Crippen LogP contribution in [0.5, 0.6) is 0 Å². The molecule has 0 radical (unpaired) electrons. The number of thiazole rings is 1. The first kappa shape index (κ1) is 10.9. The summed E-state index contributed by atoms with van der Waals surface area (Å²) in [6.07, 6.45) is 2.42. The molecule has 0 atom stereocenters. The summed E-state index contributed by atoms with van der Waals surface area (Å²) < 4.78 is 1.49. The van der Waals surface area contributed by atoms with Crippen LogP contribution in [0.2, 0.25) is 0 Å². The summed E-state index contributed by atoms with van der Waals surface area (Å²) in [5, 5.41) is 3.08. The molecule has 2 rings (SSSR count). The van der Waals surface area contributed by atoms with E-state index in [0.717, 1.165) is 21.0 Å². The van der Waals surface area contributed by atoms with Gasteiger partial charge in [-0.15, -0.1) is 11.3 Å². The molecule has 0 fully saturated rings. The normalized spacial score (nSPS) is 10.5. The van der Waals surface area contributed by atoms with Gasteiger partial charge in [-0.3, -0.25) is 0 Å². The van der Waals surface area contributed by atoms with Crippen molar-refractivity contribution in [2.24, 2.45) is 0 Å². The molecule has 0 unspecified atom stereocenters. The van der Waals surface area contributed by atoms with Crippen LogP contribution in [0.3, 0.4) is 0 Å². The van der Waals surface area contributed by atoms with Gasteiger partial charge in [0.05, 0.1) is 10.9 Å². The maximum atomic E-state index is 5.10. The SMILES string of the molecule is Cc1csc(Cc2ncc(Br)c(=S)[nH]2)n1. The fourth-order valence-corrected chi connectivity index (χ4v) is 2.28. The van der Waals surface area contributed by atoms with Crippen molar-refractivity contribution in [3.05, 3.63) is 37.2 Å². The maximum Gasteiger partial charge on any atom is 0.120 e. The Morgan fingerprint density at radius 2 is 2.40 bits per heavy atom. The molecule has 2 heterocycles. The summed E-state index contributed by atoms with van der Waals surface area (Å²) >= 11 is 10.0. The van der Waals surface area contributed by atoms with Crippen LogP contribution in [0.4, 0.5) is 0 Å². The van der Waals surface area contributed by atoms with Crippen molar-refractivity contribution in [3.8, 4) is 0 Å². The molecule has 0 aliphatic heterocycles. The molecule has 6 heteroatoms. The predicted octanol–water partition coefficient (Wildman–Crippen LogP) is 3.26. The van der Waals surface area contributed by atoms with Gasteiger partial charge in [-0.05, 0) is 22.9 Å². The van der Waals surface area contributed by atoms with Crippen molar-refractivity contribution in [2.75, 3.05) is 0 Å². The van der Waals surface area contributed by atoms with Crippen molar-refractivity contribution in [3.63, 3.8) is 0 Å². The smallest absolute Gasteiger partial charge is 0.120 e. The van der Waals surface area contributed by atoms with Crippen LogP contribution in [-0.4, -0.2) is 15.0 Å². The lowest BCUT2D eigenvalue weighted by Gasteiger charge is -1.98. The third-order valence-corrected chi connectivity index (χ3v) is 3.95. The molecule has 78 valence electrons. The largest absolute Gasteiger partial charge is 0.333 e. The van der Waals surface area contributed by atoms with Gasteiger partial charge >= 0.3 is 0 Å². The molecule has 2 aromatic heterocycles. The van der Waals surface area contributed by atoms with Gasteiger partial charge < -0.3 is 4.98 Å². The number of nitrogens with zero attached hydrogens (tertiary/aromatic N) is 2. The highest BCUT2D eigenvalue weighted by Gasteiger charge is 2.03. The quantitative estimate of drug-likeness (QED) is 0.866. The number of aromatic amines is 1. The number of nitrogens with one attached hydrogen (secondary N) is 1. The number of halogens is 1. The van der Waals surface area contributed by atoms with Gasteiger partial charge in [0.2, 0.25) is 0 Å². The van der Waals surface area contributed by atoms with Crippen molar-refractivity contribution in [2.45, 2.75) is 13.3 Å². The van der Waals surface area contributed by atoms with E-state index in [-0.39, 0.29) is 0 Å². The molecule has 0 bridgehead atoms. The molecule has 0 amide bonds. The van der Waals surface area contributed by atoms with Crippen LogP contribution in [0.1, 0.15) is 16.5 Å². The number of H-pyrrole nitrogens is 1. The minimum atomic E-state index is 0.674. The van der Waals surface area contributed by atoms with Gasteiger partial charge in [-0.2, -0.15) is 0 Å². The second-order valence-electron chi connectivity index (χ2n) is 3.07. The molecule has 0 spiro atoms. The highest BCUT2D eigenvalue weighted by Crippen LogP contribution is 2.13. The van der Waals surface area contributed by atoms with E-state index in [1.165, 1.54) is 0 Å². The average molecular weight is 302 g/mol. The molecule has 0 saturated heterocycles. The van der Waals surface area contributed by atoms with Gasteiger partial charge in [0, 0.05) is 17.3 Å². The van der Waals surface area contributed by atoms with Gasteiger partial charge in [-0.1, -0.05) is 12.2 Å². The van der Waals surface area contributed by atoms with E-state index in [0.29, 0.717) is 11.1 Å². The molecule has 0 saturated carbocycles. The van der Waals surface area contributed by atoms with E-state index in [4.69, 9.17) is 12.2 Å². The Kier molecular flexibility index (Phi) is 3.28. The molecule has 3 nitrogen and oxygen atoms in total. The Morgan fingerprint density at radius 3 is 3.00 bits per heavy atom. The van der Waals surface area contributed by atoms with E-state index in [2.05, 4.69) is 30.9 Å². The van der Waals surface area contributed by atoms with Crippen molar-refractivity contribution < 1.29 is 0 Å².